The third-order valence-electron chi connectivity index (χ3n) is 4.80. The molecule has 0 bridgehead atoms. The summed E-state index contributed by atoms with van der Waals surface area (Å²) in [4.78, 5) is 39.1. The Balaban J connectivity index is 1.75. The molecule has 0 radical (unpaired) electrons. The van der Waals surface area contributed by atoms with Crippen LogP contribution < -0.4 is 17.0 Å². The first-order valence-electron chi connectivity index (χ1n) is 10.2. The smallest absolute Gasteiger partial charge is 0.329 e. The van der Waals surface area contributed by atoms with Crippen molar-refractivity contribution in [3.05, 3.63) is 56.2 Å². The monoisotopic (exact) mass is 457 g/mol. The molecule has 2 heterocycles. The highest BCUT2D eigenvalue weighted by Gasteiger charge is 2.21. The maximum atomic E-state index is 12.7. The van der Waals surface area contributed by atoms with Crippen LogP contribution in [0.1, 0.15) is 50.5 Å². The highest BCUT2D eigenvalue weighted by molar-refractivity contribution is 7.99. The number of aromatic nitrogens is 4. The number of nitrogens with one attached hydrogen (secondary N) is 1. The van der Waals surface area contributed by atoms with Crippen LogP contribution in [0.2, 0.25) is 0 Å². The fourth-order valence-electron chi connectivity index (χ4n) is 3.10. The number of thioether (sulfide) groups is 1. The minimum atomic E-state index is -0.803. The summed E-state index contributed by atoms with van der Waals surface area (Å²) in [5, 5.41) is 8.20. The van der Waals surface area contributed by atoms with Crippen LogP contribution in [0.3, 0.4) is 0 Å². The number of benzene rings is 1. The number of rotatable bonds is 7. The third-order valence-corrected chi connectivity index (χ3v) is 5.62. The zero-order valence-corrected chi connectivity index (χ0v) is 19.6. The van der Waals surface area contributed by atoms with Crippen molar-refractivity contribution in [3.63, 3.8) is 0 Å². The normalized spacial score (nSPS) is 11.8. The van der Waals surface area contributed by atoms with Crippen LogP contribution in [0, 0.1) is 5.92 Å². The number of ketones is 1. The lowest BCUT2D eigenvalue weighted by Crippen LogP contribution is -2.37. The SMILES string of the molecule is CC(C)Cn1c(N)c(C(=O)CSc2nnc(-c3ccc(C(C)(C)C)cc3)o2)c(=O)[nH]c1=O. The molecule has 0 aliphatic heterocycles. The molecule has 0 amide bonds. The lowest BCUT2D eigenvalue weighted by molar-refractivity contribution is 0.102. The van der Waals surface area contributed by atoms with Crippen LogP contribution in [0.15, 0.2) is 43.5 Å². The Morgan fingerprint density at radius 1 is 1.19 bits per heavy atom. The molecular formula is C22H27N5O4S. The lowest BCUT2D eigenvalue weighted by Gasteiger charge is -2.18. The minimum absolute atomic E-state index is 0.0338. The van der Waals surface area contributed by atoms with Gasteiger partial charge in [0, 0.05) is 12.1 Å². The van der Waals surface area contributed by atoms with Gasteiger partial charge in [-0.2, -0.15) is 0 Å². The average molecular weight is 458 g/mol. The molecule has 9 nitrogen and oxygen atoms in total. The number of aromatic amines is 1. The second-order valence-corrected chi connectivity index (χ2v) is 9.86. The second-order valence-electron chi connectivity index (χ2n) is 8.94. The summed E-state index contributed by atoms with van der Waals surface area (Å²) >= 11 is 1.00. The molecule has 0 saturated carbocycles. The number of nitrogens with zero attached hydrogens (tertiary/aromatic N) is 3. The summed E-state index contributed by atoms with van der Waals surface area (Å²) in [6.07, 6.45) is 0. The van der Waals surface area contributed by atoms with Crippen LogP contribution in [0.25, 0.3) is 11.5 Å². The van der Waals surface area contributed by atoms with E-state index in [0.717, 1.165) is 17.3 Å². The first-order valence-corrected chi connectivity index (χ1v) is 11.2. The van der Waals surface area contributed by atoms with E-state index >= 15 is 0 Å². The number of nitrogen functional groups attached to an aromatic ring is 1. The van der Waals surface area contributed by atoms with Crippen molar-refractivity contribution in [1.82, 2.24) is 19.7 Å². The van der Waals surface area contributed by atoms with E-state index in [1.165, 1.54) is 10.1 Å². The van der Waals surface area contributed by atoms with E-state index < -0.39 is 17.0 Å². The van der Waals surface area contributed by atoms with E-state index in [-0.39, 0.29) is 40.2 Å². The van der Waals surface area contributed by atoms with Gasteiger partial charge in [0.05, 0.1) is 5.75 Å². The maximum absolute atomic E-state index is 12.7. The van der Waals surface area contributed by atoms with E-state index in [1.54, 1.807) is 0 Å². The molecule has 0 fully saturated rings. The van der Waals surface area contributed by atoms with E-state index in [4.69, 9.17) is 10.2 Å². The van der Waals surface area contributed by atoms with Gasteiger partial charge in [0.25, 0.3) is 10.8 Å². The van der Waals surface area contributed by atoms with Crippen LogP contribution in [0.5, 0.6) is 0 Å². The van der Waals surface area contributed by atoms with Gasteiger partial charge in [0.15, 0.2) is 5.78 Å². The fourth-order valence-corrected chi connectivity index (χ4v) is 3.74. The summed E-state index contributed by atoms with van der Waals surface area (Å²) in [5.74, 6) is -0.364. The van der Waals surface area contributed by atoms with Crippen molar-refractivity contribution < 1.29 is 9.21 Å². The number of nitrogens with two attached hydrogens (primary N) is 1. The molecule has 170 valence electrons. The van der Waals surface area contributed by atoms with Gasteiger partial charge in [-0.1, -0.05) is 58.5 Å². The van der Waals surface area contributed by atoms with Crippen LogP contribution in [0.4, 0.5) is 5.82 Å². The standard InChI is InChI=1S/C22H27N5O4S/c1-12(2)10-27-17(23)16(18(29)24-20(27)30)15(28)11-32-21-26-25-19(31-21)13-6-8-14(9-7-13)22(3,4)5/h6-9,12H,10-11,23H2,1-5H3,(H,24,29,30). The van der Waals surface area contributed by atoms with Crippen LogP contribution in [-0.2, 0) is 12.0 Å². The Bertz CT molecular complexity index is 1230. The van der Waals surface area contributed by atoms with Crippen molar-refractivity contribution in [2.45, 2.75) is 51.8 Å². The maximum Gasteiger partial charge on any atom is 0.329 e. The summed E-state index contributed by atoms with van der Waals surface area (Å²) in [7, 11) is 0. The zero-order chi connectivity index (χ0) is 23.6. The number of carbonyl (C=O) groups excluding carboxylic acids is 1. The Hall–Kier alpha value is -3.14. The van der Waals surface area contributed by atoms with Crippen molar-refractivity contribution in [2.24, 2.45) is 5.92 Å². The van der Waals surface area contributed by atoms with Crippen LogP contribution in [-0.4, -0.2) is 31.3 Å². The van der Waals surface area contributed by atoms with Gasteiger partial charge in [-0.15, -0.1) is 10.2 Å². The van der Waals surface area contributed by atoms with E-state index in [2.05, 4.69) is 36.0 Å². The van der Waals surface area contributed by atoms with Crippen molar-refractivity contribution in [1.29, 1.82) is 0 Å². The molecule has 0 aliphatic rings. The second kappa shape index (κ2) is 9.15. The van der Waals surface area contributed by atoms with Gasteiger partial charge in [-0.05, 0) is 29.0 Å². The predicted octanol–water partition coefficient (Wildman–Crippen LogP) is 3.10. The molecule has 0 saturated heterocycles. The van der Waals surface area contributed by atoms with E-state index in [9.17, 15) is 14.4 Å². The van der Waals surface area contributed by atoms with Crippen molar-refractivity contribution >= 4 is 23.4 Å². The van der Waals surface area contributed by atoms with E-state index in [1.807, 2.05) is 38.1 Å². The lowest BCUT2D eigenvalue weighted by atomic mass is 9.87. The van der Waals surface area contributed by atoms with E-state index in [0.29, 0.717) is 5.89 Å². The molecule has 0 atom stereocenters. The molecule has 2 aromatic heterocycles. The number of H-pyrrole nitrogens is 1. The molecule has 0 spiro atoms. The highest BCUT2D eigenvalue weighted by Crippen LogP contribution is 2.27. The first kappa shape index (κ1) is 23.5. The van der Waals surface area contributed by atoms with Gasteiger partial charge in [-0.3, -0.25) is 19.1 Å². The largest absolute Gasteiger partial charge is 0.411 e. The zero-order valence-electron chi connectivity index (χ0n) is 18.8. The molecule has 0 unspecified atom stereocenters. The van der Waals surface area contributed by atoms with Gasteiger partial charge < -0.3 is 10.2 Å². The summed E-state index contributed by atoms with van der Waals surface area (Å²) < 4.78 is 6.86. The van der Waals surface area contributed by atoms with Gasteiger partial charge in [0.1, 0.15) is 11.4 Å². The first-order chi connectivity index (χ1) is 15.0. The quantitative estimate of drug-likeness (QED) is 0.408. The predicted molar refractivity (Wildman–Crippen MR) is 124 cm³/mol. The topological polar surface area (TPSA) is 137 Å². The summed E-state index contributed by atoms with van der Waals surface area (Å²) in [6, 6.07) is 7.84. The molecule has 3 aromatic rings. The average Bonchev–Trinajstić information content (AvgIpc) is 3.18. The fraction of sp³-hybridized carbons (Fsp3) is 0.409. The molecule has 1 aromatic carbocycles. The summed E-state index contributed by atoms with van der Waals surface area (Å²) in [6.45, 7) is 10.5. The Kier molecular flexibility index (Phi) is 6.73. The summed E-state index contributed by atoms with van der Waals surface area (Å²) in [5.41, 5.74) is 6.29. The van der Waals surface area contributed by atoms with Gasteiger partial charge in [-0.25, -0.2) is 4.79 Å². The highest BCUT2D eigenvalue weighted by atomic mass is 32.2. The number of hydrogen-bond acceptors (Lipinski definition) is 8. The van der Waals surface area contributed by atoms with Crippen molar-refractivity contribution in [2.75, 3.05) is 11.5 Å². The molecular weight excluding hydrogens is 430 g/mol. The number of Topliss-reactive ketones (excluding diaryl/α,β-unsaturated/α-hetero) is 1. The minimum Gasteiger partial charge on any atom is -0.411 e. The Morgan fingerprint density at radius 3 is 2.44 bits per heavy atom. The molecule has 3 N–H and O–H groups in total. The number of hydrogen-bond donors (Lipinski definition) is 2. The third kappa shape index (κ3) is 5.18. The number of anilines is 1. The molecule has 32 heavy (non-hydrogen) atoms. The van der Waals surface area contributed by atoms with Gasteiger partial charge >= 0.3 is 5.69 Å². The number of carbonyl (C=O) groups is 1. The Labute approximate surface area is 189 Å². The molecule has 3 rings (SSSR count). The molecule has 10 heteroatoms. The Morgan fingerprint density at radius 2 is 1.84 bits per heavy atom. The van der Waals surface area contributed by atoms with Gasteiger partial charge in [0.2, 0.25) is 5.89 Å². The molecule has 0 aliphatic carbocycles. The van der Waals surface area contributed by atoms with Crippen LogP contribution >= 0.6 is 11.8 Å². The van der Waals surface area contributed by atoms with Crippen molar-refractivity contribution in [3.8, 4) is 11.5 Å².